The molecular weight excluding hydrogens is 342 g/mol. The molecule has 1 saturated heterocycles. The van der Waals surface area contributed by atoms with Gasteiger partial charge < -0.3 is 14.2 Å². The Morgan fingerprint density at radius 3 is 2.81 bits per heavy atom. The summed E-state index contributed by atoms with van der Waals surface area (Å²) in [6.07, 6.45) is 0.721. The first kappa shape index (κ1) is 17.3. The van der Waals surface area contributed by atoms with Gasteiger partial charge in [-0.1, -0.05) is 35.0 Å². The summed E-state index contributed by atoms with van der Waals surface area (Å²) in [4.78, 5) is 18.9. The minimum atomic E-state index is -0.0658. The van der Waals surface area contributed by atoms with Crippen LogP contribution in [0.1, 0.15) is 28.2 Å². The Hall–Kier alpha value is -3.15. The highest BCUT2D eigenvalue weighted by Gasteiger charge is 2.29. The van der Waals surface area contributed by atoms with Gasteiger partial charge in [-0.25, -0.2) is 0 Å². The van der Waals surface area contributed by atoms with Crippen molar-refractivity contribution in [3.63, 3.8) is 0 Å². The number of hydrogen-bond donors (Lipinski definition) is 0. The second-order valence-electron chi connectivity index (χ2n) is 6.79. The molecule has 2 heterocycles. The van der Waals surface area contributed by atoms with E-state index in [1.165, 1.54) is 0 Å². The third-order valence-corrected chi connectivity index (χ3v) is 4.64. The van der Waals surface area contributed by atoms with Gasteiger partial charge in [0.05, 0.1) is 12.1 Å². The van der Waals surface area contributed by atoms with Gasteiger partial charge in [-0.3, -0.25) is 4.79 Å². The number of carbonyl (C=O) groups excluding carboxylic acids is 1. The van der Waals surface area contributed by atoms with E-state index in [9.17, 15) is 4.79 Å². The van der Waals surface area contributed by atoms with Crippen molar-refractivity contribution in [1.82, 2.24) is 15.0 Å². The van der Waals surface area contributed by atoms with E-state index >= 15 is 0 Å². The van der Waals surface area contributed by atoms with E-state index in [0.717, 1.165) is 23.1 Å². The SMILES string of the molecule is Cc1cccc(C(=O)N2CCC(Oc3ccccc3-c3nc(C)no3)C2)c1. The molecule has 1 atom stereocenters. The molecule has 4 rings (SSSR count). The molecule has 1 amide bonds. The highest BCUT2D eigenvalue weighted by molar-refractivity contribution is 5.94. The van der Waals surface area contributed by atoms with E-state index in [1.807, 2.05) is 60.4 Å². The van der Waals surface area contributed by atoms with Gasteiger partial charge in [0.2, 0.25) is 0 Å². The quantitative estimate of drug-likeness (QED) is 0.708. The van der Waals surface area contributed by atoms with Crippen LogP contribution in [0.5, 0.6) is 5.75 Å². The number of rotatable bonds is 4. The van der Waals surface area contributed by atoms with Crippen molar-refractivity contribution in [2.24, 2.45) is 0 Å². The Balaban J connectivity index is 1.47. The van der Waals surface area contributed by atoms with Crippen LogP contribution in [0.4, 0.5) is 0 Å². The molecule has 0 bridgehead atoms. The molecule has 6 nitrogen and oxygen atoms in total. The number of nitrogens with zero attached hydrogens (tertiary/aromatic N) is 3. The molecule has 0 N–H and O–H groups in total. The van der Waals surface area contributed by atoms with Crippen molar-refractivity contribution in [2.45, 2.75) is 26.4 Å². The number of amides is 1. The van der Waals surface area contributed by atoms with Crippen LogP contribution in [0.25, 0.3) is 11.5 Å². The van der Waals surface area contributed by atoms with Crippen LogP contribution in [-0.4, -0.2) is 40.1 Å². The zero-order valence-corrected chi connectivity index (χ0v) is 15.4. The third-order valence-electron chi connectivity index (χ3n) is 4.64. The molecule has 0 aliphatic carbocycles. The predicted octanol–water partition coefficient (Wildman–Crippen LogP) is 3.65. The number of para-hydroxylation sites is 1. The monoisotopic (exact) mass is 363 g/mol. The molecule has 0 saturated carbocycles. The Morgan fingerprint density at radius 2 is 2.04 bits per heavy atom. The van der Waals surface area contributed by atoms with E-state index < -0.39 is 0 Å². The third kappa shape index (κ3) is 3.69. The van der Waals surface area contributed by atoms with Gasteiger partial charge in [0.15, 0.2) is 5.82 Å². The molecule has 0 spiro atoms. The van der Waals surface area contributed by atoms with Crippen molar-refractivity contribution < 1.29 is 14.1 Å². The van der Waals surface area contributed by atoms with Crippen LogP contribution < -0.4 is 4.74 Å². The highest BCUT2D eigenvalue weighted by atomic mass is 16.5. The molecule has 0 radical (unpaired) electrons. The summed E-state index contributed by atoms with van der Waals surface area (Å²) in [5.74, 6) is 1.76. The highest BCUT2D eigenvalue weighted by Crippen LogP contribution is 2.30. The molecular formula is C21H21N3O3. The average molecular weight is 363 g/mol. The van der Waals surface area contributed by atoms with Crippen molar-refractivity contribution in [3.05, 3.63) is 65.5 Å². The first-order chi connectivity index (χ1) is 13.1. The summed E-state index contributed by atoms with van der Waals surface area (Å²) in [5.41, 5.74) is 2.57. The topological polar surface area (TPSA) is 68.5 Å². The van der Waals surface area contributed by atoms with Gasteiger partial charge >= 0.3 is 0 Å². The summed E-state index contributed by atoms with van der Waals surface area (Å²) in [6, 6.07) is 15.3. The van der Waals surface area contributed by atoms with Crippen LogP contribution >= 0.6 is 0 Å². The van der Waals surface area contributed by atoms with E-state index in [2.05, 4.69) is 10.1 Å². The first-order valence-corrected chi connectivity index (χ1v) is 9.02. The lowest BCUT2D eigenvalue weighted by molar-refractivity contribution is 0.0772. The fraction of sp³-hybridized carbons (Fsp3) is 0.286. The van der Waals surface area contributed by atoms with Crippen LogP contribution in [-0.2, 0) is 0 Å². The Bertz CT molecular complexity index is 967. The van der Waals surface area contributed by atoms with Crippen molar-refractivity contribution in [3.8, 4) is 17.2 Å². The first-order valence-electron chi connectivity index (χ1n) is 9.02. The van der Waals surface area contributed by atoms with Gasteiger partial charge in [0, 0.05) is 18.5 Å². The van der Waals surface area contributed by atoms with E-state index in [1.54, 1.807) is 6.92 Å². The predicted molar refractivity (Wildman–Crippen MR) is 101 cm³/mol. The number of carbonyl (C=O) groups is 1. The summed E-state index contributed by atoms with van der Waals surface area (Å²) in [7, 11) is 0. The number of benzene rings is 2. The lowest BCUT2D eigenvalue weighted by atomic mass is 10.1. The summed E-state index contributed by atoms with van der Waals surface area (Å²) in [5, 5.41) is 3.85. The van der Waals surface area contributed by atoms with E-state index in [4.69, 9.17) is 9.26 Å². The average Bonchev–Trinajstić information content (AvgIpc) is 3.31. The minimum Gasteiger partial charge on any atom is -0.488 e. The summed E-state index contributed by atoms with van der Waals surface area (Å²) in [6.45, 7) is 5.01. The van der Waals surface area contributed by atoms with E-state index in [0.29, 0.717) is 30.6 Å². The maximum Gasteiger partial charge on any atom is 0.261 e. The second kappa shape index (κ2) is 7.23. The summed E-state index contributed by atoms with van der Waals surface area (Å²) >= 11 is 0. The molecule has 3 aromatic rings. The lowest BCUT2D eigenvalue weighted by Crippen LogP contribution is -2.31. The van der Waals surface area contributed by atoms with Crippen LogP contribution in [0.3, 0.4) is 0 Å². The van der Waals surface area contributed by atoms with Crippen LogP contribution in [0.2, 0.25) is 0 Å². The second-order valence-corrected chi connectivity index (χ2v) is 6.79. The van der Waals surface area contributed by atoms with E-state index in [-0.39, 0.29) is 12.0 Å². The molecule has 27 heavy (non-hydrogen) atoms. The fourth-order valence-electron chi connectivity index (χ4n) is 3.30. The molecule has 1 aliphatic heterocycles. The van der Waals surface area contributed by atoms with Crippen LogP contribution in [0.15, 0.2) is 53.1 Å². The number of aromatic nitrogens is 2. The molecule has 138 valence electrons. The number of aryl methyl sites for hydroxylation is 2. The van der Waals surface area contributed by atoms with Gasteiger partial charge in [-0.05, 0) is 38.1 Å². The van der Waals surface area contributed by atoms with Gasteiger partial charge in [0.25, 0.3) is 11.8 Å². The van der Waals surface area contributed by atoms with Gasteiger partial charge in [-0.15, -0.1) is 0 Å². The molecule has 1 aromatic heterocycles. The maximum absolute atomic E-state index is 12.7. The standard InChI is InChI=1S/C21H21N3O3/c1-14-6-5-7-16(12-14)21(25)24-11-10-17(13-24)26-19-9-4-3-8-18(19)20-22-15(2)23-27-20/h3-9,12,17H,10-11,13H2,1-2H3. The number of hydrogen-bond acceptors (Lipinski definition) is 5. The molecule has 2 aromatic carbocycles. The maximum atomic E-state index is 12.7. The number of likely N-dealkylation sites (tertiary alicyclic amines) is 1. The zero-order valence-electron chi connectivity index (χ0n) is 15.4. The molecule has 6 heteroatoms. The van der Waals surface area contributed by atoms with Gasteiger partial charge in [0.1, 0.15) is 11.9 Å². The largest absolute Gasteiger partial charge is 0.488 e. The normalized spacial score (nSPS) is 16.5. The lowest BCUT2D eigenvalue weighted by Gasteiger charge is -2.18. The zero-order chi connectivity index (χ0) is 18.8. The van der Waals surface area contributed by atoms with Crippen molar-refractivity contribution in [1.29, 1.82) is 0 Å². The van der Waals surface area contributed by atoms with Gasteiger partial charge in [-0.2, -0.15) is 4.98 Å². The minimum absolute atomic E-state index is 0.0469. The van der Waals surface area contributed by atoms with Crippen LogP contribution in [0, 0.1) is 13.8 Å². The van der Waals surface area contributed by atoms with Crippen molar-refractivity contribution >= 4 is 5.91 Å². The van der Waals surface area contributed by atoms with Crippen molar-refractivity contribution in [2.75, 3.05) is 13.1 Å². The molecule has 1 aliphatic rings. The Morgan fingerprint density at radius 1 is 1.19 bits per heavy atom. The molecule has 1 fully saturated rings. The number of ether oxygens (including phenoxy) is 1. The fourth-order valence-corrected chi connectivity index (χ4v) is 3.30. The Labute approximate surface area is 157 Å². The molecule has 1 unspecified atom stereocenters. The smallest absolute Gasteiger partial charge is 0.261 e. The Kier molecular flexibility index (Phi) is 4.62. The summed E-state index contributed by atoms with van der Waals surface area (Å²) < 4.78 is 11.5.